The molecule has 7 heteroatoms. The molecule has 2 aromatic heterocycles. The maximum atomic E-state index is 6.20. The van der Waals surface area contributed by atoms with Crippen LogP contribution in [-0.2, 0) is 6.42 Å². The number of benzene rings is 1. The predicted molar refractivity (Wildman–Crippen MR) is 121 cm³/mol. The van der Waals surface area contributed by atoms with E-state index in [1.165, 1.54) is 5.56 Å². The van der Waals surface area contributed by atoms with E-state index in [-0.39, 0.29) is 0 Å². The van der Waals surface area contributed by atoms with Crippen LogP contribution in [0.25, 0.3) is 11.0 Å². The normalized spacial score (nSPS) is 15.4. The highest BCUT2D eigenvalue weighted by Crippen LogP contribution is 2.24. The first-order valence-corrected chi connectivity index (χ1v) is 10.5. The first kappa shape index (κ1) is 20.3. The lowest BCUT2D eigenvalue weighted by molar-refractivity contribution is 0.221. The van der Waals surface area contributed by atoms with E-state index in [1.807, 2.05) is 32.0 Å². The Morgan fingerprint density at radius 3 is 2.53 bits per heavy atom. The molecular formula is C23H30N6O. The molecule has 3 N–H and O–H groups in total. The van der Waals surface area contributed by atoms with E-state index in [9.17, 15) is 0 Å². The van der Waals surface area contributed by atoms with Crippen LogP contribution in [0, 0.1) is 13.8 Å². The molecule has 0 spiro atoms. The van der Waals surface area contributed by atoms with Crippen molar-refractivity contribution >= 4 is 22.8 Å². The van der Waals surface area contributed by atoms with Gasteiger partial charge in [-0.05, 0) is 62.4 Å². The van der Waals surface area contributed by atoms with Crippen LogP contribution in [0.15, 0.2) is 30.3 Å². The number of hydrogen-bond donors (Lipinski definition) is 2. The van der Waals surface area contributed by atoms with Crippen molar-refractivity contribution in [2.75, 3.05) is 37.8 Å². The molecule has 0 aliphatic carbocycles. The molecule has 0 atom stereocenters. The fourth-order valence-electron chi connectivity index (χ4n) is 4.14. The van der Waals surface area contributed by atoms with Gasteiger partial charge in [-0.3, -0.25) is 0 Å². The summed E-state index contributed by atoms with van der Waals surface area (Å²) in [6, 6.07) is 10.7. The number of aryl methyl sites for hydroxylation is 2. The first-order valence-electron chi connectivity index (χ1n) is 10.5. The SMILES string of the molecule is COc1ccc(CCN2CCC(Nc3nc(N)c4c(C)cc(C)nc4n3)CC2)cc1. The molecule has 3 aromatic rings. The Morgan fingerprint density at radius 2 is 1.83 bits per heavy atom. The zero-order chi connectivity index (χ0) is 21.1. The molecule has 1 saturated heterocycles. The van der Waals surface area contributed by atoms with Crippen LogP contribution in [-0.4, -0.2) is 52.6 Å². The molecule has 1 aliphatic heterocycles. The van der Waals surface area contributed by atoms with Gasteiger partial charge in [0.15, 0.2) is 5.65 Å². The fraction of sp³-hybridized carbons (Fsp3) is 0.435. The molecular weight excluding hydrogens is 376 g/mol. The van der Waals surface area contributed by atoms with Gasteiger partial charge in [-0.1, -0.05) is 12.1 Å². The third-order valence-corrected chi connectivity index (χ3v) is 5.82. The minimum absolute atomic E-state index is 0.352. The second-order valence-corrected chi connectivity index (χ2v) is 8.07. The van der Waals surface area contributed by atoms with E-state index < -0.39 is 0 Å². The van der Waals surface area contributed by atoms with Crippen LogP contribution >= 0.6 is 0 Å². The van der Waals surface area contributed by atoms with Gasteiger partial charge >= 0.3 is 0 Å². The second-order valence-electron chi connectivity index (χ2n) is 8.07. The van der Waals surface area contributed by atoms with Crippen molar-refractivity contribution in [2.24, 2.45) is 0 Å². The quantitative estimate of drug-likeness (QED) is 0.649. The summed E-state index contributed by atoms with van der Waals surface area (Å²) >= 11 is 0. The number of likely N-dealkylation sites (tertiary alicyclic amines) is 1. The van der Waals surface area contributed by atoms with E-state index in [1.54, 1.807) is 7.11 Å². The summed E-state index contributed by atoms with van der Waals surface area (Å²) in [6.07, 6.45) is 3.17. The summed E-state index contributed by atoms with van der Waals surface area (Å²) < 4.78 is 5.23. The number of nitrogen functional groups attached to an aromatic ring is 1. The number of nitrogens with two attached hydrogens (primary N) is 1. The number of anilines is 2. The molecule has 0 radical (unpaired) electrons. The highest BCUT2D eigenvalue weighted by molar-refractivity contribution is 5.89. The average Bonchev–Trinajstić information content (AvgIpc) is 2.73. The number of nitrogens with zero attached hydrogens (tertiary/aromatic N) is 4. The highest BCUT2D eigenvalue weighted by Gasteiger charge is 2.20. The van der Waals surface area contributed by atoms with Gasteiger partial charge in [-0.2, -0.15) is 9.97 Å². The molecule has 0 saturated carbocycles. The number of rotatable bonds is 6. The number of nitrogens with one attached hydrogen (secondary N) is 1. The number of ether oxygens (including phenoxy) is 1. The topological polar surface area (TPSA) is 89.2 Å². The minimum Gasteiger partial charge on any atom is -0.497 e. The maximum Gasteiger partial charge on any atom is 0.226 e. The van der Waals surface area contributed by atoms with Gasteiger partial charge in [0.25, 0.3) is 0 Å². The molecule has 1 aliphatic rings. The van der Waals surface area contributed by atoms with Gasteiger partial charge in [0.1, 0.15) is 11.6 Å². The molecule has 30 heavy (non-hydrogen) atoms. The largest absolute Gasteiger partial charge is 0.497 e. The van der Waals surface area contributed by atoms with Crippen LogP contribution in [0.2, 0.25) is 0 Å². The Kier molecular flexibility index (Phi) is 5.99. The minimum atomic E-state index is 0.352. The molecule has 7 nitrogen and oxygen atoms in total. The first-order chi connectivity index (χ1) is 14.5. The van der Waals surface area contributed by atoms with E-state index in [0.717, 1.165) is 61.3 Å². The Morgan fingerprint density at radius 1 is 1.10 bits per heavy atom. The summed E-state index contributed by atoms with van der Waals surface area (Å²) in [5, 5.41) is 4.32. The number of hydrogen-bond acceptors (Lipinski definition) is 7. The Bertz CT molecular complexity index is 1010. The van der Waals surface area contributed by atoms with E-state index in [2.05, 4.69) is 37.3 Å². The second kappa shape index (κ2) is 8.83. The maximum absolute atomic E-state index is 6.20. The monoisotopic (exact) mass is 406 g/mol. The van der Waals surface area contributed by atoms with E-state index >= 15 is 0 Å². The molecule has 1 fully saturated rings. The summed E-state index contributed by atoms with van der Waals surface area (Å²) in [5.74, 6) is 1.97. The predicted octanol–water partition coefficient (Wildman–Crippen LogP) is 3.35. The Balaban J connectivity index is 1.32. The van der Waals surface area contributed by atoms with Gasteiger partial charge in [-0.25, -0.2) is 4.98 Å². The fourth-order valence-corrected chi connectivity index (χ4v) is 4.14. The van der Waals surface area contributed by atoms with Crippen molar-refractivity contribution in [3.05, 3.63) is 47.2 Å². The third kappa shape index (κ3) is 4.62. The number of fused-ring (bicyclic) bond motifs is 1. The van der Waals surface area contributed by atoms with Gasteiger partial charge in [0.05, 0.1) is 12.5 Å². The lowest BCUT2D eigenvalue weighted by Gasteiger charge is -2.32. The number of piperidine rings is 1. The van der Waals surface area contributed by atoms with Crippen LogP contribution in [0.4, 0.5) is 11.8 Å². The third-order valence-electron chi connectivity index (χ3n) is 5.82. The van der Waals surface area contributed by atoms with E-state index in [0.29, 0.717) is 23.5 Å². The summed E-state index contributed by atoms with van der Waals surface area (Å²) in [6.45, 7) is 7.19. The molecule has 0 amide bonds. The van der Waals surface area contributed by atoms with E-state index in [4.69, 9.17) is 10.5 Å². The average molecular weight is 407 g/mol. The number of pyridine rings is 1. The number of methoxy groups -OCH3 is 1. The summed E-state index contributed by atoms with van der Waals surface area (Å²) in [4.78, 5) is 16.2. The van der Waals surface area contributed by atoms with Gasteiger partial charge in [0, 0.05) is 31.4 Å². The molecule has 4 rings (SSSR count). The molecule has 158 valence electrons. The molecule has 0 bridgehead atoms. The lowest BCUT2D eigenvalue weighted by atomic mass is 10.0. The van der Waals surface area contributed by atoms with Crippen LogP contribution in [0.3, 0.4) is 0 Å². The molecule has 0 unspecified atom stereocenters. The molecule has 3 heterocycles. The summed E-state index contributed by atoms with van der Waals surface area (Å²) in [5.41, 5.74) is 10.2. The number of aromatic nitrogens is 3. The lowest BCUT2D eigenvalue weighted by Crippen LogP contribution is -2.40. The van der Waals surface area contributed by atoms with Crippen LogP contribution < -0.4 is 15.8 Å². The van der Waals surface area contributed by atoms with Gasteiger partial charge < -0.3 is 20.7 Å². The van der Waals surface area contributed by atoms with Crippen molar-refractivity contribution in [1.82, 2.24) is 19.9 Å². The zero-order valence-electron chi connectivity index (χ0n) is 18.0. The smallest absolute Gasteiger partial charge is 0.226 e. The zero-order valence-corrected chi connectivity index (χ0v) is 18.0. The van der Waals surface area contributed by atoms with Crippen molar-refractivity contribution in [3.63, 3.8) is 0 Å². The van der Waals surface area contributed by atoms with Crippen molar-refractivity contribution in [3.8, 4) is 5.75 Å². The molecule has 1 aromatic carbocycles. The highest BCUT2D eigenvalue weighted by atomic mass is 16.5. The standard InChI is InChI=1S/C23H30N6O/c1-15-14-16(2)25-22-20(15)21(24)27-23(28-22)26-18-9-12-29(13-10-18)11-8-17-4-6-19(30-3)7-5-17/h4-7,14,18H,8-13H2,1-3H3,(H3,24,25,26,27,28). The van der Waals surface area contributed by atoms with Gasteiger partial charge in [-0.15, -0.1) is 0 Å². The van der Waals surface area contributed by atoms with Gasteiger partial charge in [0.2, 0.25) is 5.95 Å². The van der Waals surface area contributed by atoms with Crippen molar-refractivity contribution in [1.29, 1.82) is 0 Å². The van der Waals surface area contributed by atoms with Crippen molar-refractivity contribution in [2.45, 2.75) is 39.2 Å². The van der Waals surface area contributed by atoms with Crippen LogP contribution in [0.1, 0.15) is 29.7 Å². The Labute approximate surface area is 177 Å². The van der Waals surface area contributed by atoms with Crippen LogP contribution in [0.5, 0.6) is 5.75 Å². The van der Waals surface area contributed by atoms with Crippen molar-refractivity contribution < 1.29 is 4.74 Å². The Hall–Kier alpha value is -2.93. The summed E-state index contributed by atoms with van der Waals surface area (Å²) in [7, 11) is 1.70.